The van der Waals surface area contributed by atoms with Crippen molar-refractivity contribution in [2.45, 2.75) is 20.4 Å². The number of aryl methyl sites for hydroxylation is 1. The van der Waals surface area contributed by atoms with Crippen LogP contribution >= 0.6 is 11.3 Å². The molecule has 1 N–H and O–H groups in total. The van der Waals surface area contributed by atoms with Gasteiger partial charge in [0, 0.05) is 30.9 Å². The Morgan fingerprint density at radius 2 is 2.25 bits per heavy atom. The van der Waals surface area contributed by atoms with E-state index in [2.05, 4.69) is 4.98 Å². The molecule has 0 bridgehead atoms. The Morgan fingerprint density at radius 1 is 1.60 bits per heavy atom. The topological polar surface area (TPSA) is 73.7 Å². The molecule has 110 valence electrons. The van der Waals surface area contributed by atoms with E-state index in [1.54, 1.807) is 40.6 Å². The van der Waals surface area contributed by atoms with Crippen LogP contribution in [0.15, 0.2) is 5.51 Å². The van der Waals surface area contributed by atoms with E-state index in [4.69, 9.17) is 5.11 Å². The van der Waals surface area contributed by atoms with Crippen LogP contribution in [0.25, 0.3) is 0 Å². The molecular weight excluding hydrogens is 278 g/mol. The Balaban J connectivity index is 1.84. The second-order valence-corrected chi connectivity index (χ2v) is 6.23. The van der Waals surface area contributed by atoms with Gasteiger partial charge in [-0.05, 0) is 6.92 Å². The highest BCUT2D eigenvalue weighted by Crippen LogP contribution is 2.25. The summed E-state index contributed by atoms with van der Waals surface area (Å²) in [7, 11) is 1.76. The van der Waals surface area contributed by atoms with Gasteiger partial charge in [0.15, 0.2) is 0 Å². The third kappa shape index (κ3) is 2.92. The van der Waals surface area contributed by atoms with Gasteiger partial charge in [-0.2, -0.15) is 0 Å². The lowest BCUT2D eigenvalue weighted by Crippen LogP contribution is -2.56. The van der Waals surface area contributed by atoms with E-state index < -0.39 is 11.9 Å². The van der Waals surface area contributed by atoms with Gasteiger partial charge < -0.3 is 14.9 Å². The molecule has 0 saturated carbocycles. The number of rotatable bonds is 4. The highest BCUT2D eigenvalue weighted by atomic mass is 32.1. The summed E-state index contributed by atoms with van der Waals surface area (Å²) in [5, 5.41) is 8.93. The maximum absolute atomic E-state index is 12.2. The molecule has 2 heterocycles. The van der Waals surface area contributed by atoms with Crippen LogP contribution in [0.5, 0.6) is 0 Å². The number of hydrogen-bond donors (Lipinski definition) is 1. The lowest BCUT2D eigenvalue weighted by Gasteiger charge is -2.42. The Kier molecular flexibility index (Phi) is 4.27. The van der Waals surface area contributed by atoms with Crippen LogP contribution in [0.2, 0.25) is 0 Å². The van der Waals surface area contributed by atoms with E-state index in [1.807, 2.05) is 6.92 Å². The first kappa shape index (κ1) is 14.8. The van der Waals surface area contributed by atoms with Crippen molar-refractivity contribution in [1.29, 1.82) is 0 Å². The standard InChI is InChI=1S/C13H19N3O3S/c1-8(12(17)18)10-4-16(5-10)13(19)15(3)6-11-9(2)14-7-20-11/h7-8,10H,4-6H2,1-3H3,(H,17,18). The molecule has 6 nitrogen and oxygen atoms in total. The third-order valence-corrected chi connectivity index (χ3v) is 4.75. The number of nitrogens with zero attached hydrogens (tertiary/aromatic N) is 3. The Hall–Kier alpha value is -1.63. The fourth-order valence-electron chi connectivity index (χ4n) is 2.19. The first-order valence-corrected chi connectivity index (χ1v) is 7.40. The number of carboxylic acid groups (broad SMARTS) is 1. The van der Waals surface area contributed by atoms with Gasteiger partial charge in [-0.1, -0.05) is 6.92 Å². The Labute approximate surface area is 122 Å². The van der Waals surface area contributed by atoms with E-state index in [0.29, 0.717) is 19.6 Å². The fourth-order valence-corrected chi connectivity index (χ4v) is 3.02. The van der Waals surface area contributed by atoms with Crippen LogP contribution in [-0.4, -0.2) is 52.0 Å². The van der Waals surface area contributed by atoms with Crippen LogP contribution in [0.1, 0.15) is 17.5 Å². The van der Waals surface area contributed by atoms with Crippen LogP contribution < -0.4 is 0 Å². The largest absolute Gasteiger partial charge is 0.481 e. The molecule has 0 aliphatic carbocycles. The highest BCUT2D eigenvalue weighted by Gasteiger charge is 2.38. The van der Waals surface area contributed by atoms with Gasteiger partial charge in [0.25, 0.3) is 0 Å². The number of urea groups is 1. The molecule has 20 heavy (non-hydrogen) atoms. The summed E-state index contributed by atoms with van der Waals surface area (Å²) in [4.78, 5) is 31.7. The highest BCUT2D eigenvalue weighted by molar-refractivity contribution is 7.09. The second-order valence-electron chi connectivity index (χ2n) is 5.29. The number of hydrogen-bond acceptors (Lipinski definition) is 4. The average Bonchev–Trinajstić information content (AvgIpc) is 2.72. The molecule has 7 heteroatoms. The molecule has 1 atom stereocenters. The van der Waals surface area contributed by atoms with Crippen LogP contribution in [0.3, 0.4) is 0 Å². The number of thiazole rings is 1. The minimum absolute atomic E-state index is 0.0494. The molecule has 1 aromatic rings. The van der Waals surface area contributed by atoms with Gasteiger partial charge in [0.1, 0.15) is 0 Å². The van der Waals surface area contributed by atoms with Crippen molar-refractivity contribution < 1.29 is 14.7 Å². The van der Waals surface area contributed by atoms with Crippen molar-refractivity contribution in [3.8, 4) is 0 Å². The lowest BCUT2D eigenvalue weighted by molar-refractivity contribution is -0.144. The predicted molar refractivity (Wildman–Crippen MR) is 75.6 cm³/mol. The van der Waals surface area contributed by atoms with Crippen LogP contribution in [0, 0.1) is 18.8 Å². The van der Waals surface area contributed by atoms with Crippen molar-refractivity contribution in [2.24, 2.45) is 11.8 Å². The smallest absolute Gasteiger partial charge is 0.320 e. The molecule has 2 amide bonds. The number of aliphatic carboxylic acids is 1. The monoisotopic (exact) mass is 297 g/mol. The van der Waals surface area contributed by atoms with Crippen molar-refractivity contribution in [3.05, 3.63) is 16.1 Å². The minimum Gasteiger partial charge on any atom is -0.481 e. The van der Waals surface area contributed by atoms with Gasteiger partial charge in [-0.3, -0.25) is 4.79 Å². The summed E-state index contributed by atoms with van der Waals surface area (Å²) in [5.41, 5.74) is 2.73. The zero-order valence-corrected chi connectivity index (χ0v) is 12.7. The number of amides is 2. The molecule has 1 aliphatic rings. The van der Waals surface area contributed by atoms with Gasteiger partial charge in [-0.15, -0.1) is 11.3 Å². The van der Waals surface area contributed by atoms with E-state index >= 15 is 0 Å². The van der Waals surface area contributed by atoms with Crippen molar-refractivity contribution in [1.82, 2.24) is 14.8 Å². The van der Waals surface area contributed by atoms with Crippen LogP contribution in [0.4, 0.5) is 4.79 Å². The maximum atomic E-state index is 12.2. The second kappa shape index (κ2) is 5.78. The summed E-state index contributed by atoms with van der Waals surface area (Å²) in [5.74, 6) is -1.13. The number of carbonyl (C=O) groups is 2. The molecule has 1 unspecified atom stereocenters. The third-order valence-electron chi connectivity index (χ3n) is 3.83. The van der Waals surface area contributed by atoms with Gasteiger partial charge >= 0.3 is 12.0 Å². The molecule has 1 saturated heterocycles. The number of carbonyl (C=O) groups excluding carboxylic acids is 1. The van der Waals surface area contributed by atoms with Crippen molar-refractivity contribution in [2.75, 3.05) is 20.1 Å². The maximum Gasteiger partial charge on any atom is 0.320 e. The zero-order chi connectivity index (χ0) is 14.9. The van der Waals surface area contributed by atoms with Gasteiger partial charge in [0.05, 0.1) is 23.7 Å². The van der Waals surface area contributed by atoms with Gasteiger partial charge in [0.2, 0.25) is 0 Å². The quantitative estimate of drug-likeness (QED) is 0.917. The van der Waals surface area contributed by atoms with Gasteiger partial charge in [-0.25, -0.2) is 9.78 Å². The summed E-state index contributed by atoms with van der Waals surface area (Å²) in [6.45, 7) is 5.22. The SMILES string of the molecule is Cc1ncsc1CN(C)C(=O)N1CC(C(C)C(=O)O)C1. The lowest BCUT2D eigenvalue weighted by atomic mass is 9.87. The van der Waals surface area contributed by atoms with Crippen LogP contribution in [-0.2, 0) is 11.3 Å². The molecule has 0 spiro atoms. The summed E-state index contributed by atoms with van der Waals surface area (Å²) in [6.07, 6.45) is 0. The van der Waals surface area contributed by atoms with E-state index in [-0.39, 0.29) is 11.9 Å². The molecule has 0 aromatic carbocycles. The molecule has 0 radical (unpaired) electrons. The number of carboxylic acids is 1. The predicted octanol–water partition coefficient (Wildman–Crippen LogP) is 1.66. The molecule has 1 fully saturated rings. The Morgan fingerprint density at radius 3 is 2.75 bits per heavy atom. The average molecular weight is 297 g/mol. The normalized spacial score (nSPS) is 16.6. The molecule has 2 rings (SSSR count). The molecule has 1 aromatic heterocycles. The van der Waals surface area contributed by atoms with E-state index in [1.165, 1.54) is 0 Å². The molecule has 1 aliphatic heterocycles. The number of aromatic nitrogens is 1. The summed E-state index contributed by atoms with van der Waals surface area (Å²) in [6, 6.07) is -0.0494. The Bertz CT molecular complexity index is 511. The summed E-state index contributed by atoms with van der Waals surface area (Å²) >= 11 is 1.54. The molecular formula is C13H19N3O3S. The fraction of sp³-hybridized carbons (Fsp3) is 0.615. The van der Waals surface area contributed by atoms with Crippen molar-refractivity contribution >= 4 is 23.3 Å². The summed E-state index contributed by atoms with van der Waals surface area (Å²) < 4.78 is 0. The van der Waals surface area contributed by atoms with Crippen molar-refractivity contribution in [3.63, 3.8) is 0 Å². The minimum atomic E-state index is -0.796. The zero-order valence-electron chi connectivity index (χ0n) is 11.9. The number of likely N-dealkylation sites (tertiary alicyclic amines) is 1. The first-order chi connectivity index (χ1) is 9.40. The van der Waals surface area contributed by atoms with E-state index in [9.17, 15) is 9.59 Å². The first-order valence-electron chi connectivity index (χ1n) is 6.52. The van der Waals surface area contributed by atoms with E-state index in [0.717, 1.165) is 10.6 Å².